The van der Waals surface area contributed by atoms with Gasteiger partial charge in [-0.2, -0.15) is 0 Å². The van der Waals surface area contributed by atoms with E-state index in [1.165, 1.54) is 122 Å². The molecule has 0 saturated heterocycles. The van der Waals surface area contributed by atoms with Gasteiger partial charge in [-0.3, -0.25) is 0 Å². The third-order valence-electron chi connectivity index (χ3n) is 12.7. The summed E-state index contributed by atoms with van der Waals surface area (Å²) in [6.45, 7) is 0. The molecule has 2 aromatic carbocycles. The van der Waals surface area contributed by atoms with Crippen LogP contribution in [0.3, 0.4) is 0 Å². The molecule has 0 nitrogen and oxygen atoms in total. The lowest BCUT2D eigenvalue weighted by atomic mass is 9.79. The zero-order chi connectivity index (χ0) is 27.2. The monoisotopic (exact) mass is 544 g/mol. The van der Waals surface area contributed by atoms with Crippen LogP contribution in [0.25, 0.3) is 12.2 Å². The van der Waals surface area contributed by atoms with Crippen molar-refractivity contribution in [3.05, 3.63) is 80.9 Å². The molecule has 41 heavy (non-hydrogen) atoms. The quantitative estimate of drug-likeness (QED) is 0.310. The number of benzene rings is 2. The van der Waals surface area contributed by atoms with Gasteiger partial charge >= 0.3 is 0 Å². The molecule has 2 atom stereocenters. The van der Waals surface area contributed by atoms with Gasteiger partial charge in [0.15, 0.2) is 0 Å². The minimum atomic E-state index is 0.644. The Morgan fingerprint density at radius 2 is 0.732 bits per heavy atom. The van der Waals surface area contributed by atoms with E-state index in [-0.39, 0.29) is 0 Å². The highest BCUT2D eigenvalue weighted by Crippen LogP contribution is 2.50. The molecule has 0 N–H and O–H groups in total. The van der Waals surface area contributed by atoms with Crippen LogP contribution >= 0.6 is 0 Å². The first-order valence-electron chi connectivity index (χ1n) is 18.0. The molecular weight excluding hydrogens is 492 g/mol. The summed E-state index contributed by atoms with van der Waals surface area (Å²) in [5.74, 6) is 4.55. The van der Waals surface area contributed by atoms with Crippen molar-refractivity contribution in [2.75, 3.05) is 0 Å². The minimum absolute atomic E-state index is 0.644. The fourth-order valence-corrected chi connectivity index (χ4v) is 10.6. The molecule has 0 bridgehead atoms. The highest BCUT2D eigenvalue weighted by atomic mass is 14.4. The smallest absolute Gasteiger partial charge is 0.00301 e. The van der Waals surface area contributed by atoms with Crippen LogP contribution in [0.15, 0.2) is 36.4 Å². The lowest BCUT2D eigenvalue weighted by Gasteiger charge is -2.25. The van der Waals surface area contributed by atoms with Gasteiger partial charge in [0.25, 0.3) is 0 Å². The molecule has 0 aliphatic heterocycles. The highest BCUT2D eigenvalue weighted by Gasteiger charge is 2.33. The summed E-state index contributed by atoms with van der Waals surface area (Å²) < 4.78 is 0. The molecule has 0 heterocycles. The summed E-state index contributed by atoms with van der Waals surface area (Å²) in [5, 5.41) is 0. The summed E-state index contributed by atoms with van der Waals surface area (Å²) in [7, 11) is 0. The van der Waals surface area contributed by atoms with Gasteiger partial charge in [0, 0.05) is 11.8 Å². The van der Waals surface area contributed by atoms with Crippen molar-refractivity contribution in [1.82, 2.24) is 0 Å². The molecule has 0 amide bonds. The van der Waals surface area contributed by atoms with E-state index in [0.29, 0.717) is 11.8 Å². The normalized spacial score (nSPS) is 26.6. The summed E-state index contributed by atoms with van der Waals surface area (Å²) in [4.78, 5) is 0. The van der Waals surface area contributed by atoms with E-state index >= 15 is 0 Å². The van der Waals surface area contributed by atoms with E-state index in [1.807, 2.05) is 0 Å². The van der Waals surface area contributed by atoms with Gasteiger partial charge in [0.05, 0.1) is 0 Å². The van der Waals surface area contributed by atoms with Gasteiger partial charge in [-0.15, -0.1) is 0 Å². The lowest BCUT2D eigenvalue weighted by Crippen LogP contribution is -2.08. The molecule has 2 aromatic rings. The fraction of sp³-hybridized carbons (Fsp3) is 0.610. The van der Waals surface area contributed by atoms with Gasteiger partial charge in [-0.05, 0) is 132 Å². The Balaban J connectivity index is 1.04. The van der Waals surface area contributed by atoms with Crippen LogP contribution in [0.2, 0.25) is 0 Å². The van der Waals surface area contributed by atoms with Crippen LogP contribution in [0, 0.1) is 0 Å². The van der Waals surface area contributed by atoms with Crippen molar-refractivity contribution in [2.45, 2.75) is 158 Å². The maximum atomic E-state index is 2.63. The first kappa shape index (κ1) is 26.5. The van der Waals surface area contributed by atoms with Crippen molar-refractivity contribution >= 4 is 12.2 Å². The van der Waals surface area contributed by atoms with Crippen LogP contribution in [0.5, 0.6) is 0 Å². The van der Waals surface area contributed by atoms with Crippen molar-refractivity contribution in [3.8, 4) is 0 Å². The molecule has 216 valence electrons. The van der Waals surface area contributed by atoms with Crippen molar-refractivity contribution in [3.63, 3.8) is 0 Å². The SMILES string of the molecule is C1=CC(CCCC2C=Cc3c(C4CCCC4)ccc(C4CCCC4)c32)c2c(C3CCCC3)ccc(C3CCCC3)c21. The number of hydrogen-bond donors (Lipinski definition) is 0. The standard InChI is InChI=1S/C41H52/c1-2-11-28(10-1)34-24-26-36(30-14-5-6-15-30)40-32(20-22-38(34)40)18-9-19-33-21-23-39-35(29-12-3-4-13-29)25-27-37(41(33)39)31-16-7-8-17-31/h20-33H,1-19H2. The lowest BCUT2D eigenvalue weighted by molar-refractivity contribution is 0.595. The molecule has 0 spiro atoms. The summed E-state index contributed by atoms with van der Waals surface area (Å²) >= 11 is 0. The van der Waals surface area contributed by atoms with Crippen LogP contribution < -0.4 is 0 Å². The number of hydrogen-bond acceptors (Lipinski definition) is 0. The first-order chi connectivity index (χ1) is 20.3. The molecule has 6 aliphatic carbocycles. The Morgan fingerprint density at radius 3 is 1.10 bits per heavy atom. The number of allylic oxidation sites excluding steroid dienone is 2. The van der Waals surface area contributed by atoms with E-state index in [1.54, 1.807) is 44.5 Å². The molecule has 2 unspecified atom stereocenters. The second kappa shape index (κ2) is 11.5. The second-order valence-corrected chi connectivity index (χ2v) is 14.9. The van der Waals surface area contributed by atoms with E-state index < -0.39 is 0 Å². The summed E-state index contributed by atoms with van der Waals surface area (Å²) in [6, 6.07) is 10.4. The predicted molar refractivity (Wildman–Crippen MR) is 175 cm³/mol. The number of fused-ring (bicyclic) bond motifs is 2. The van der Waals surface area contributed by atoms with E-state index in [4.69, 9.17) is 0 Å². The molecule has 0 heteroatoms. The van der Waals surface area contributed by atoms with Gasteiger partial charge in [-0.1, -0.05) is 106 Å². The molecule has 4 saturated carbocycles. The average molecular weight is 545 g/mol. The van der Waals surface area contributed by atoms with Gasteiger partial charge in [0.1, 0.15) is 0 Å². The zero-order valence-electron chi connectivity index (χ0n) is 25.5. The maximum absolute atomic E-state index is 2.63. The minimum Gasteiger partial charge on any atom is -0.0764 e. The van der Waals surface area contributed by atoms with Crippen molar-refractivity contribution < 1.29 is 0 Å². The molecule has 6 aliphatic rings. The highest BCUT2D eigenvalue weighted by molar-refractivity contribution is 5.70. The predicted octanol–water partition coefficient (Wildman–Crippen LogP) is 12.4. The Labute approximate surface area is 250 Å². The van der Waals surface area contributed by atoms with Crippen LogP contribution in [-0.2, 0) is 0 Å². The molecule has 8 rings (SSSR count). The summed E-state index contributed by atoms with van der Waals surface area (Å²) in [5.41, 5.74) is 13.8. The van der Waals surface area contributed by atoms with Crippen LogP contribution in [0.1, 0.15) is 202 Å². The third kappa shape index (κ3) is 4.90. The third-order valence-corrected chi connectivity index (χ3v) is 12.7. The van der Waals surface area contributed by atoms with Crippen molar-refractivity contribution in [1.29, 1.82) is 0 Å². The van der Waals surface area contributed by atoms with Crippen molar-refractivity contribution in [2.24, 2.45) is 0 Å². The Bertz CT molecular complexity index is 1200. The molecular formula is C41H52. The average Bonchev–Trinajstić information content (AvgIpc) is 3.85. The van der Waals surface area contributed by atoms with Gasteiger partial charge < -0.3 is 0 Å². The summed E-state index contributed by atoms with van der Waals surface area (Å²) in [6.07, 6.45) is 37.2. The largest absolute Gasteiger partial charge is 0.0764 e. The van der Waals surface area contributed by atoms with E-state index in [0.717, 1.165) is 23.7 Å². The second-order valence-electron chi connectivity index (χ2n) is 14.9. The van der Waals surface area contributed by atoms with Crippen LogP contribution in [-0.4, -0.2) is 0 Å². The molecule has 0 aromatic heterocycles. The van der Waals surface area contributed by atoms with Gasteiger partial charge in [-0.25, -0.2) is 0 Å². The zero-order valence-corrected chi connectivity index (χ0v) is 25.5. The van der Waals surface area contributed by atoms with E-state index in [2.05, 4.69) is 48.6 Å². The molecule has 0 radical (unpaired) electrons. The Kier molecular flexibility index (Phi) is 7.47. The van der Waals surface area contributed by atoms with Crippen LogP contribution in [0.4, 0.5) is 0 Å². The molecule has 4 fully saturated rings. The Morgan fingerprint density at radius 1 is 0.415 bits per heavy atom. The number of rotatable bonds is 8. The topological polar surface area (TPSA) is 0 Å². The van der Waals surface area contributed by atoms with Gasteiger partial charge in [0.2, 0.25) is 0 Å². The fourth-order valence-electron chi connectivity index (χ4n) is 10.6. The Hall–Kier alpha value is -2.08. The maximum Gasteiger partial charge on any atom is 0.00301 e. The van der Waals surface area contributed by atoms with E-state index in [9.17, 15) is 0 Å². The first-order valence-corrected chi connectivity index (χ1v) is 18.0.